The van der Waals surface area contributed by atoms with Crippen LogP contribution < -0.4 is 11.1 Å². The molecule has 0 unspecified atom stereocenters. The molecule has 7 nitrogen and oxygen atoms in total. The van der Waals surface area contributed by atoms with Gasteiger partial charge in [0, 0.05) is 39.9 Å². The highest BCUT2D eigenvalue weighted by molar-refractivity contribution is 6.31. The predicted molar refractivity (Wildman–Crippen MR) is 117 cm³/mol. The van der Waals surface area contributed by atoms with Crippen LogP contribution in [0.3, 0.4) is 0 Å². The number of nitrogens with one attached hydrogen (secondary N) is 1. The molecule has 0 aliphatic rings. The van der Waals surface area contributed by atoms with Gasteiger partial charge >= 0.3 is 0 Å². The summed E-state index contributed by atoms with van der Waals surface area (Å²) in [5.74, 6) is 1.10. The molecule has 0 fully saturated rings. The number of nitrogens with zero attached hydrogens (tertiary/aromatic N) is 3. The number of fused-ring (bicyclic) bond motifs is 1. The minimum Gasteiger partial charge on any atom is -0.436 e. The number of aromatic nitrogens is 3. The smallest absolute Gasteiger partial charge is 0.299 e. The summed E-state index contributed by atoms with van der Waals surface area (Å²) >= 11 is 6.06. The van der Waals surface area contributed by atoms with E-state index in [4.69, 9.17) is 26.2 Å². The van der Waals surface area contributed by atoms with E-state index in [0.29, 0.717) is 39.5 Å². The molecule has 30 heavy (non-hydrogen) atoms. The van der Waals surface area contributed by atoms with E-state index < -0.39 is 0 Å². The molecule has 3 N–H and O–H groups in total. The van der Waals surface area contributed by atoms with Crippen LogP contribution in [0.15, 0.2) is 69.9 Å². The topological polar surface area (TPSA) is 103 Å². The number of oxazole rings is 2. The average Bonchev–Trinajstić information content (AvgIpc) is 3.37. The first-order valence-corrected chi connectivity index (χ1v) is 9.54. The van der Waals surface area contributed by atoms with E-state index in [1.54, 1.807) is 36.8 Å². The molecule has 3 aromatic heterocycles. The Hall–Kier alpha value is -3.84. The van der Waals surface area contributed by atoms with Crippen molar-refractivity contribution >= 4 is 40.1 Å². The number of pyridine rings is 1. The van der Waals surface area contributed by atoms with Crippen molar-refractivity contribution in [3.05, 3.63) is 71.6 Å². The van der Waals surface area contributed by atoms with Crippen molar-refractivity contribution in [1.29, 1.82) is 0 Å². The molecule has 0 saturated carbocycles. The van der Waals surface area contributed by atoms with Gasteiger partial charge in [-0.15, -0.1) is 0 Å². The molecule has 2 aromatic carbocycles. The molecule has 8 heteroatoms. The van der Waals surface area contributed by atoms with E-state index in [1.807, 2.05) is 31.2 Å². The maximum absolute atomic E-state index is 6.15. The van der Waals surface area contributed by atoms with Crippen molar-refractivity contribution in [2.75, 3.05) is 11.1 Å². The molecule has 3 heterocycles. The van der Waals surface area contributed by atoms with Crippen LogP contribution in [0.2, 0.25) is 5.02 Å². The monoisotopic (exact) mass is 417 g/mol. The predicted octanol–water partition coefficient (Wildman–Crippen LogP) is 5.83. The minimum absolute atomic E-state index is 0.353. The Bertz CT molecular complexity index is 1360. The molecule has 0 aliphatic carbocycles. The first kappa shape index (κ1) is 18.2. The molecule has 0 bridgehead atoms. The summed E-state index contributed by atoms with van der Waals surface area (Å²) < 4.78 is 11.7. The fraction of sp³-hybridized carbons (Fsp3) is 0.0455. The van der Waals surface area contributed by atoms with Crippen LogP contribution in [0.25, 0.3) is 33.9 Å². The highest BCUT2D eigenvalue weighted by atomic mass is 35.5. The molecular weight excluding hydrogens is 402 g/mol. The Balaban J connectivity index is 1.51. The number of nitrogens with two attached hydrogens (primary N) is 1. The van der Waals surface area contributed by atoms with Gasteiger partial charge in [0.2, 0.25) is 5.89 Å². The largest absolute Gasteiger partial charge is 0.436 e. The zero-order valence-corrected chi connectivity index (χ0v) is 16.6. The Morgan fingerprint density at radius 2 is 1.87 bits per heavy atom. The molecule has 148 valence electrons. The second-order valence-corrected chi connectivity index (χ2v) is 7.20. The lowest BCUT2D eigenvalue weighted by Gasteiger charge is -2.11. The summed E-state index contributed by atoms with van der Waals surface area (Å²) in [6.07, 6.45) is 5.06. The molecule has 0 atom stereocenters. The van der Waals surface area contributed by atoms with Crippen molar-refractivity contribution in [3.63, 3.8) is 0 Å². The fourth-order valence-corrected chi connectivity index (χ4v) is 3.37. The third-order valence-corrected chi connectivity index (χ3v) is 4.96. The Kier molecular flexibility index (Phi) is 4.37. The minimum atomic E-state index is 0.353. The van der Waals surface area contributed by atoms with Gasteiger partial charge in [0.25, 0.3) is 6.01 Å². The summed E-state index contributed by atoms with van der Waals surface area (Å²) in [4.78, 5) is 12.9. The van der Waals surface area contributed by atoms with Gasteiger partial charge in [-0.25, -0.2) is 9.97 Å². The molecule has 0 amide bonds. The Labute approximate surface area is 176 Å². The second kappa shape index (κ2) is 7.20. The molecule has 5 aromatic rings. The van der Waals surface area contributed by atoms with Gasteiger partial charge in [-0.3, -0.25) is 4.98 Å². The summed E-state index contributed by atoms with van der Waals surface area (Å²) in [6, 6.07) is 13.0. The van der Waals surface area contributed by atoms with Crippen molar-refractivity contribution in [1.82, 2.24) is 15.0 Å². The van der Waals surface area contributed by atoms with Crippen molar-refractivity contribution < 1.29 is 8.83 Å². The van der Waals surface area contributed by atoms with Crippen LogP contribution >= 0.6 is 11.6 Å². The maximum atomic E-state index is 6.15. The number of nitrogen functional groups attached to an aromatic ring is 1. The third-order valence-electron chi connectivity index (χ3n) is 4.72. The zero-order valence-electron chi connectivity index (χ0n) is 15.9. The van der Waals surface area contributed by atoms with Gasteiger partial charge in [-0.1, -0.05) is 11.6 Å². The zero-order chi connectivity index (χ0) is 20.7. The fourth-order valence-electron chi connectivity index (χ4n) is 3.20. The molecule has 0 saturated heterocycles. The number of rotatable bonds is 4. The number of benzene rings is 2. The highest BCUT2D eigenvalue weighted by Gasteiger charge is 2.16. The standard InChI is InChI=1S/C22H16ClN5O2/c1-12-16(21-27-18-8-14(23)2-3-19(18)29-21)9-15(24)10-17(12)28-22-26-11-20(30-22)13-4-6-25-7-5-13/h2-11H,24H2,1H3,(H,26,28). The van der Waals surface area contributed by atoms with Crippen LogP contribution in [0.4, 0.5) is 17.4 Å². The van der Waals surface area contributed by atoms with Gasteiger partial charge in [-0.05, 0) is 55.0 Å². The van der Waals surface area contributed by atoms with Crippen molar-refractivity contribution in [3.8, 4) is 22.8 Å². The Morgan fingerprint density at radius 3 is 2.70 bits per heavy atom. The van der Waals surface area contributed by atoms with Crippen molar-refractivity contribution in [2.45, 2.75) is 6.92 Å². The van der Waals surface area contributed by atoms with E-state index in [1.165, 1.54) is 0 Å². The average molecular weight is 418 g/mol. The number of hydrogen-bond donors (Lipinski definition) is 2. The lowest BCUT2D eigenvalue weighted by atomic mass is 10.1. The quantitative estimate of drug-likeness (QED) is 0.354. The molecule has 0 radical (unpaired) electrons. The van der Waals surface area contributed by atoms with Gasteiger partial charge < -0.3 is 19.9 Å². The first-order valence-electron chi connectivity index (χ1n) is 9.16. The third kappa shape index (κ3) is 3.35. The van der Waals surface area contributed by atoms with Gasteiger partial charge in [-0.2, -0.15) is 0 Å². The maximum Gasteiger partial charge on any atom is 0.299 e. The summed E-state index contributed by atoms with van der Waals surface area (Å²) in [5, 5.41) is 3.79. The van der Waals surface area contributed by atoms with E-state index in [9.17, 15) is 0 Å². The van der Waals surface area contributed by atoms with Gasteiger partial charge in [0.1, 0.15) is 5.52 Å². The van der Waals surface area contributed by atoms with Gasteiger partial charge in [0.15, 0.2) is 11.3 Å². The summed E-state index contributed by atoms with van der Waals surface area (Å²) in [6.45, 7) is 1.95. The first-order chi connectivity index (χ1) is 14.6. The lowest BCUT2D eigenvalue weighted by molar-refractivity contribution is 0.592. The molecule has 0 spiro atoms. The molecule has 5 rings (SSSR count). The van der Waals surface area contributed by atoms with Crippen LogP contribution in [-0.2, 0) is 0 Å². The number of halogens is 1. The normalized spacial score (nSPS) is 11.1. The van der Waals surface area contributed by atoms with Crippen LogP contribution in [0, 0.1) is 6.92 Å². The van der Waals surface area contributed by atoms with Crippen LogP contribution in [-0.4, -0.2) is 15.0 Å². The number of anilines is 3. The van der Waals surface area contributed by atoms with E-state index in [-0.39, 0.29) is 0 Å². The SMILES string of the molecule is Cc1c(Nc2ncc(-c3ccncc3)o2)cc(N)cc1-c1nc2cc(Cl)ccc2o1. The van der Waals surface area contributed by atoms with Gasteiger partial charge in [0.05, 0.1) is 6.20 Å². The second-order valence-electron chi connectivity index (χ2n) is 6.76. The lowest BCUT2D eigenvalue weighted by Crippen LogP contribution is -1.98. The van der Waals surface area contributed by atoms with Crippen LogP contribution in [0.5, 0.6) is 0 Å². The molecule has 0 aliphatic heterocycles. The summed E-state index contributed by atoms with van der Waals surface area (Å²) in [7, 11) is 0. The Morgan fingerprint density at radius 1 is 1.03 bits per heavy atom. The van der Waals surface area contributed by atoms with E-state index in [2.05, 4.69) is 20.3 Å². The number of hydrogen-bond acceptors (Lipinski definition) is 7. The van der Waals surface area contributed by atoms with E-state index in [0.717, 1.165) is 22.4 Å². The molecular formula is C22H16ClN5O2. The van der Waals surface area contributed by atoms with E-state index >= 15 is 0 Å². The summed E-state index contributed by atoms with van der Waals surface area (Å²) in [5.41, 5.74) is 11.3. The highest BCUT2D eigenvalue weighted by Crippen LogP contribution is 2.35. The van der Waals surface area contributed by atoms with Crippen molar-refractivity contribution in [2.24, 2.45) is 0 Å². The van der Waals surface area contributed by atoms with Crippen LogP contribution in [0.1, 0.15) is 5.56 Å².